The smallest absolute Gasteiger partial charge is 0.240 e. The van der Waals surface area contributed by atoms with Crippen molar-refractivity contribution >= 4 is 29.4 Å². The number of hydrogen-bond donors (Lipinski definition) is 1. The van der Waals surface area contributed by atoms with Crippen LogP contribution in [-0.4, -0.2) is 60.9 Å². The predicted molar refractivity (Wildman–Crippen MR) is 145 cm³/mol. The van der Waals surface area contributed by atoms with Crippen LogP contribution in [0.25, 0.3) is 0 Å². The maximum atomic E-state index is 13.6. The van der Waals surface area contributed by atoms with Gasteiger partial charge in [0.1, 0.15) is 12.4 Å². The molecule has 0 saturated heterocycles. The van der Waals surface area contributed by atoms with E-state index in [9.17, 15) is 9.59 Å². The Kier molecular flexibility index (Phi) is 7.80. The van der Waals surface area contributed by atoms with Gasteiger partial charge in [-0.3, -0.25) is 14.5 Å². The Morgan fingerprint density at radius 3 is 2.59 bits per heavy atom. The van der Waals surface area contributed by atoms with Gasteiger partial charge in [-0.15, -0.1) is 11.8 Å². The van der Waals surface area contributed by atoms with E-state index >= 15 is 0 Å². The number of fused-ring (bicyclic) bond motifs is 2. The highest BCUT2D eigenvalue weighted by Gasteiger charge is 2.41. The Labute approximate surface area is 223 Å². The van der Waals surface area contributed by atoms with Crippen LogP contribution in [0.15, 0.2) is 18.2 Å². The largest absolute Gasteiger partial charge is 0.454 e. The molecule has 0 saturated carbocycles. The van der Waals surface area contributed by atoms with Crippen molar-refractivity contribution in [2.24, 2.45) is 0 Å². The highest BCUT2D eigenvalue weighted by Crippen LogP contribution is 2.50. The van der Waals surface area contributed by atoms with Gasteiger partial charge in [-0.1, -0.05) is 26.8 Å². The Morgan fingerprint density at radius 2 is 1.92 bits per heavy atom. The molecule has 0 bridgehead atoms. The zero-order valence-electron chi connectivity index (χ0n) is 22.8. The van der Waals surface area contributed by atoms with Gasteiger partial charge in [0, 0.05) is 31.2 Å². The molecule has 0 spiro atoms. The number of thioether (sulfide) groups is 1. The van der Waals surface area contributed by atoms with Crippen LogP contribution in [-0.2, 0) is 25.3 Å². The lowest BCUT2D eigenvalue weighted by atomic mass is 9.87. The number of hydrogen-bond acceptors (Lipinski definition) is 7. The molecular formula is C27H38N4O5S. The van der Waals surface area contributed by atoms with Crippen LogP contribution >= 0.6 is 11.8 Å². The van der Waals surface area contributed by atoms with Crippen LogP contribution in [0.2, 0.25) is 0 Å². The first-order valence-corrected chi connectivity index (χ1v) is 13.7. The number of amides is 2. The van der Waals surface area contributed by atoms with E-state index in [4.69, 9.17) is 19.3 Å². The molecular weight excluding hydrogens is 492 g/mol. The molecule has 4 rings (SSSR count). The van der Waals surface area contributed by atoms with Crippen molar-refractivity contribution in [2.75, 3.05) is 44.3 Å². The summed E-state index contributed by atoms with van der Waals surface area (Å²) in [7, 11) is 1.63. The molecule has 0 radical (unpaired) electrons. The molecule has 1 aromatic carbocycles. The highest BCUT2D eigenvalue weighted by atomic mass is 32.2. The van der Waals surface area contributed by atoms with Crippen molar-refractivity contribution in [2.45, 2.75) is 64.2 Å². The number of carbonyl (C=O) groups is 2. The number of carbonyl (C=O) groups excluding carboxylic acids is 2. The molecule has 1 N–H and O–H groups in total. The number of benzene rings is 1. The normalized spacial score (nSPS) is 17.5. The molecule has 9 nitrogen and oxygen atoms in total. The first kappa shape index (κ1) is 27.3. The van der Waals surface area contributed by atoms with E-state index in [0.717, 1.165) is 16.8 Å². The second-order valence-corrected chi connectivity index (χ2v) is 12.5. The maximum Gasteiger partial charge on any atom is 0.240 e. The zero-order valence-corrected chi connectivity index (χ0v) is 23.7. The van der Waals surface area contributed by atoms with Gasteiger partial charge in [0.15, 0.2) is 11.5 Å². The van der Waals surface area contributed by atoms with Gasteiger partial charge in [-0.05, 0) is 44.9 Å². The molecule has 37 heavy (non-hydrogen) atoms. The zero-order chi connectivity index (χ0) is 27.0. The van der Waals surface area contributed by atoms with Gasteiger partial charge >= 0.3 is 0 Å². The van der Waals surface area contributed by atoms with E-state index < -0.39 is 5.54 Å². The number of aromatic nitrogens is 2. The average Bonchev–Trinajstić information content (AvgIpc) is 3.42. The highest BCUT2D eigenvalue weighted by molar-refractivity contribution is 8.00. The average molecular weight is 531 g/mol. The summed E-state index contributed by atoms with van der Waals surface area (Å²) in [4.78, 5) is 28.2. The van der Waals surface area contributed by atoms with Gasteiger partial charge in [0.05, 0.1) is 22.2 Å². The number of rotatable bonds is 7. The lowest BCUT2D eigenvalue weighted by Gasteiger charge is -2.29. The quantitative estimate of drug-likeness (QED) is 0.541. The summed E-state index contributed by atoms with van der Waals surface area (Å²) in [6, 6.07) is 5.94. The molecule has 2 amide bonds. The molecule has 1 atom stereocenters. The van der Waals surface area contributed by atoms with Gasteiger partial charge in [-0.25, -0.2) is 4.68 Å². The van der Waals surface area contributed by atoms with Crippen LogP contribution in [0.1, 0.15) is 70.0 Å². The van der Waals surface area contributed by atoms with E-state index in [1.165, 1.54) is 0 Å². The van der Waals surface area contributed by atoms with Crippen molar-refractivity contribution in [1.29, 1.82) is 0 Å². The third kappa shape index (κ3) is 5.75. The molecule has 1 aromatic heterocycles. The second kappa shape index (κ2) is 10.6. The lowest BCUT2D eigenvalue weighted by Crippen LogP contribution is -2.44. The molecule has 0 fully saturated rings. The SMILES string of the molecule is COCCCNC(=O)CN1C(=O)CSC(c2ccc3c(c2)OCO3)c2c(C(C)(C)C)nn(C(C)(C)C)c21. The Bertz CT molecular complexity index is 1160. The third-order valence-corrected chi connectivity index (χ3v) is 7.54. The van der Waals surface area contributed by atoms with Crippen LogP contribution in [0.5, 0.6) is 11.5 Å². The molecule has 1 unspecified atom stereocenters. The summed E-state index contributed by atoms with van der Waals surface area (Å²) in [5.74, 6) is 2.00. The Hall–Kier alpha value is -2.72. The number of methoxy groups -OCH3 is 1. The second-order valence-electron chi connectivity index (χ2n) is 11.4. The first-order chi connectivity index (χ1) is 17.4. The molecule has 3 heterocycles. The summed E-state index contributed by atoms with van der Waals surface area (Å²) >= 11 is 1.55. The van der Waals surface area contributed by atoms with Crippen molar-refractivity contribution in [1.82, 2.24) is 15.1 Å². The fourth-order valence-electron chi connectivity index (χ4n) is 4.52. The van der Waals surface area contributed by atoms with Gasteiger partial charge in [0.2, 0.25) is 18.6 Å². The minimum atomic E-state index is -0.421. The van der Waals surface area contributed by atoms with Crippen molar-refractivity contribution < 1.29 is 23.8 Å². The van der Waals surface area contributed by atoms with Crippen molar-refractivity contribution in [3.63, 3.8) is 0 Å². The van der Waals surface area contributed by atoms with Crippen LogP contribution in [0.3, 0.4) is 0 Å². The summed E-state index contributed by atoms with van der Waals surface area (Å²) < 4.78 is 18.2. The van der Waals surface area contributed by atoms with E-state index in [2.05, 4.69) is 46.9 Å². The Morgan fingerprint density at radius 1 is 1.19 bits per heavy atom. The van der Waals surface area contributed by atoms with Gasteiger partial charge in [0.25, 0.3) is 0 Å². The van der Waals surface area contributed by atoms with Crippen molar-refractivity contribution in [3.05, 3.63) is 35.0 Å². The van der Waals surface area contributed by atoms with Crippen molar-refractivity contribution in [3.8, 4) is 11.5 Å². The van der Waals surface area contributed by atoms with Crippen LogP contribution in [0.4, 0.5) is 5.82 Å². The number of anilines is 1. The summed E-state index contributed by atoms with van der Waals surface area (Å²) in [6.07, 6.45) is 0.706. The minimum absolute atomic E-state index is 0.0708. The molecule has 202 valence electrons. The van der Waals surface area contributed by atoms with E-state index in [1.54, 1.807) is 23.8 Å². The standard InChI is InChI=1S/C27H38N4O5S/c1-26(2,3)24-22-23(17-9-10-18-19(13-17)36-16-35-18)37-15-21(33)30(14-20(32)28-11-8-12-34-7)25(22)31(29-24)27(4,5)6/h9-10,13,23H,8,11-12,14-16H2,1-7H3,(H,28,32). The maximum absolute atomic E-state index is 13.6. The Balaban J connectivity index is 1.84. The van der Waals surface area contributed by atoms with E-state index in [0.29, 0.717) is 36.9 Å². The fraction of sp³-hybridized carbons (Fsp3) is 0.593. The topological polar surface area (TPSA) is 94.9 Å². The molecule has 2 aliphatic rings. The van der Waals surface area contributed by atoms with E-state index in [1.807, 2.05) is 22.9 Å². The number of nitrogens with one attached hydrogen (secondary N) is 1. The molecule has 2 aromatic rings. The lowest BCUT2D eigenvalue weighted by molar-refractivity contribution is -0.123. The van der Waals surface area contributed by atoms with E-state index in [-0.39, 0.29) is 41.6 Å². The number of nitrogens with zero attached hydrogens (tertiary/aromatic N) is 3. The summed E-state index contributed by atoms with van der Waals surface area (Å²) in [6.45, 7) is 13.8. The molecule has 2 aliphatic heterocycles. The van der Waals surface area contributed by atoms with Crippen LogP contribution in [0, 0.1) is 0 Å². The molecule has 10 heteroatoms. The van der Waals surface area contributed by atoms with Gasteiger partial charge in [-0.2, -0.15) is 5.10 Å². The predicted octanol–water partition coefficient (Wildman–Crippen LogP) is 3.99. The first-order valence-electron chi connectivity index (χ1n) is 12.6. The minimum Gasteiger partial charge on any atom is -0.454 e. The fourth-order valence-corrected chi connectivity index (χ4v) is 5.71. The number of ether oxygens (including phenoxy) is 3. The third-order valence-electron chi connectivity index (χ3n) is 6.28. The van der Waals surface area contributed by atoms with Crippen LogP contribution < -0.4 is 19.7 Å². The van der Waals surface area contributed by atoms with Gasteiger partial charge < -0.3 is 19.5 Å². The summed E-state index contributed by atoms with van der Waals surface area (Å²) in [5.41, 5.74) is 2.16. The molecule has 0 aliphatic carbocycles. The monoisotopic (exact) mass is 530 g/mol. The summed E-state index contributed by atoms with van der Waals surface area (Å²) in [5, 5.41) is 7.86.